The van der Waals surface area contributed by atoms with Crippen molar-refractivity contribution in [3.05, 3.63) is 0 Å². The first-order valence-electron chi connectivity index (χ1n) is 3.85. The van der Waals surface area contributed by atoms with Gasteiger partial charge >= 0.3 is 11.9 Å². The highest BCUT2D eigenvalue weighted by Gasteiger charge is 2.37. The Morgan fingerprint density at radius 1 is 1.00 bits per heavy atom. The van der Waals surface area contributed by atoms with Crippen molar-refractivity contribution in [1.82, 2.24) is 0 Å². The summed E-state index contributed by atoms with van der Waals surface area (Å²) in [6.07, 6.45) is -8.78. The van der Waals surface area contributed by atoms with Crippen LogP contribution in [0.1, 0.15) is 0 Å². The first-order chi connectivity index (χ1) is 6.82. The highest BCUT2D eigenvalue weighted by molar-refractivity contribution is 5.76. The minimum atomic E-state index is -2.31. The number of carbonyl (C=O) groups excluding carboxylic acids is 1. The van der Waals surface area contributed by atoms with Gasteiger partial charge in [-0.25, -0.2) is 9.59 Å². The third kappa shape index (κ3) is 3.44. The zero-order chi connectivity index (χ0) is 12.2. The van der Waals surface area contributed by atoms with Crippen LogP contribution in [0.15, 0.2) is 0 Å². The van der Waals surface area contributed by atoms with Crippen LogP contribution in [0.5, 0.6) is 0 Å². The summed E-state index contributed by atoms with van der Waals surface area (Å²) in [6.45, 7) is 0. The van der Waals surface area contributed by atoms with Gasteiger partial charge in [-0.05, 0) is 0 Å². The largest absolute Gasteiger partial charge is 0.479 e. The van der Waals surface area contributed by atoms with Crippen molar-refractivity contribution in [2.24, 2.45) is 0 Å². The van der Waals surface area contributed by atoms with Gasteiger partial charge in [-0.15, -0.1) is 0 Å². The summed E-state index contributed by atoms with van der Waals surface area (Å²) >= 11 is 0. The summed E-state index contributed by atoms with van der Waals surface area (Å²) in [7, 11) is 0.929. The van der Waals surface area contributed by atoms with Crippen molar-refractivity contribution in [2.45, 2.75) is 24.4 Å². The summed E-state index contributed by atoms with van der Waals surface area (Å²) in [5.74, 6) is -3.04. The minimum absolute atomic E-state index is 0.929. The molecule has 5 N–H and O–H groups in total. The third-order valence-electron chi connectivity index (χ3n) is 1.69. The molecule has 8 nitrogen and oxygen atoms in total. The van der Waals surface area contributed by atoms with Crippen molar-refractivity contribution in [2.75, 3.05) is 7.11 Å². The molecule has 0 radical (unpaired) electrons. The van der Waals surface area contributed by atoms with E-state index in [1.807, 2.05) is 0 Å². The van der Waals surface area contributed by atoms with E-state index in [2.05, 4.69) is 4.74 Å². The van der Waals surface area contributed by atoms with Crippen LogP contribution in [0.2, 0.25) is 0 Å². The number of aliphatic hydroxyl groups is 4. The Labute approximate surface area is 84.3 Å². The molecule has 0 unspecified atom stereocenters. The van der Waals surface area contributed by atoms with Gasteiger partial charge in [-0.3, -0.25) is 0 Å². The molecular formula is C7H12O8. The smallest absolute Gasteiger partial charge is 0.337 e. The maximum Gasteiger partial charge on any atom is 0.337 e. The first-order valence-corrected chi connectivity index (χ1v) is 3.85. The maximum atomic E-state index is 10.7. The molecule has 15 heavy (non-hydrogen) atoms. The molecule has 4 atom stereocenters. The quantitative estimate of drug-likeness (QED) is 0.305. The molecule has 0 aromatic heterocycles. The fourth-order valence-corrected chi connectivity index (χ4v) is 0.780. The van der Waals surface area contributed by atoms with Crippen molar-refractivity contribution < 1.29 is 39.9 Å². The van der Waals surface area contributed by atoms with Gasteiger partial charge in [0.25, 0.3) is 0 Å². The molecule has 0 aromatic carbocycles. The number of carboxylic acid groups (broad SMARTS) is 1. The fraction of sp³-hybridized carbons (Fsp3) is 0.714. The van der Waals surface area contributed by atoms with Gasteiger partial charge in [-0.1, -0.05) is 0 Å². The van der Waals surface area contributed by atoms with Gasteiger partial charge in [0.15, 0.2) is 12.2 Å². The Morgan fingerprint density at radius 3 is 1.73 bits per heavy atom. The van der Waals surface area contributed by atoms with E-state index in [0.717, 1.165) is 7.11 Å². The van der Waals surface area contributed by atoms with Crippen LogP contribution in [0.4, 0.5) is 0 Å². The molecule has 88 valence electrons. The van der Waals surface area contributed by atoms with Gasteiger partial charge < -0.3 is 30.3 Å². The predicted molar refractivity (Wildman–Crippen MR) is 43.7 cm³/mol. The molecule has 0 rings (SSSR count). The van der Waals surface area contributed by atoms with Gasteiger partial charge in [0.05, 0.1) is 7.11 Å². The lowest BCUT2D eigenvalue weighted by atomic mass is 10.0. The monoisotopic (exact) mass is 224 g/mol. The zero-order valence-corrected chi connectivity index (χ0v) is 7.77. The van der Waals surface area contributed by atoms with Crippen LogP contribution in [-0.2, 0) is 14.3 Å². The average Bonchev–Trinajstić information content (AvgIpc) is 2.23. The van der Waals surface area contributed by atoms with Crippen LogP contribution in [0.25, 0.3) is 0 Å². The molecule has 0 bridgehead atoms. The van der Waals surface area contributed by atoms with Gasteiger partial charge in [-0.2, -0.15) is 0 Å². The Hall–Kier alpha value is -1.22. The van der Waals surface area contributed by atoms with E-state index in [-0.39, 0.29) is 0 Å². The molecule has 0 saturated heterocycles. The summed E-state index contributed by atoms with van der Waals surface area (Å²) in [5, 5.41) is 44.2. The number of aliphatic carboxylic acids is 1. The molecule has 0 fully saturated rings. The lowest BCUT2D eigenvalue weighted by Crippen LogP contribution is -2.50. The Balaban J connectivity index is 4.49. The summed E-state index contributed by atoms with van der Waals surface area (Å²) < 4.78 is 4.03. The molecule has 0 aliphatic heterocycles. The summed E-state index contributed by atoms with van der Waals surface area (Å²) in [6, 6.07) is 0. The Kier molecular flexibility index (Phi) is 5.15. The van der Waals surface area contributed by atoms with Crippen molar-refractivity contribution in [3.63, 3.8) is 0 Å². The second-order valence-corrected chi connectivity index (χ2v) is 2.73. The Morgan fingerprint density at radius 2 is 1.40 bits per heavy atom. The average molecular weight is 224 g/mol. The van der Waals surface area contributed by atoms with E-state index in [9.17, 15) is 9.59 Å². The van der Waals surface area contributed by atoms with Crippen molar-refractivity contribution >= 4 is 11.9 Å². The van der Waals surface area contributed by atoms with E-state index in [4.69, 9.17) is 25.5 Å². The van der Waals surface area contributed by atoms with E-state index < -0.39 is 36.4 Å². The SMILES string of the molecule is COC(=O)[C@@H](O)[C@@H](O)[C@H](O)[C@@H](O)C(=O)O. The number of hydrogen-bond donors (Lipinski definition) is 5. The number of rotatable bonds is 5. The number of ether oxygens (including phenoxy) is 1. The number of aliphatic hydroxyl groups excluding tert-OH is 4. The molecular weight excluding hydrogens is 212 g/mol. The van der Waals surface area contributed by atoms with Gasteiger partial charge in [0, 0.05) is 0 Å². The molecule has 0 spiro atoms. The van der Waals surface area contributed by atoms with Crippen LogP contribution < -0.4 is 0 Å². The fourth-order valence-electron chi connectivity index (χ4n) is 0.780. The maximum absolute atomic E-state index is 10.7. The van der Waals surface area contributed by atoms with Gasteiger partial charge in [0.2, 0.25) is 0 Å². The van der Waals surface area contributed by atoms with E-state index in [1.165, 1.54) is 0 Å². The number of carbonyl (C=O) groups is 2. The summed E-state index contributed by atoms with van der Waals surface area (Å²) in [4.78, 5) is 20.9. The number of hydrogen-bond acceptors (Lipinski definition) is 7. The van der Waals surface area contributed by atoms with E-state index in [1.54, 1.807) is 0 Å². The molecule has 0 amide bonds. The lowest BCUT2D eigenvalue weighted by Gasteiger charge is -2.22. The molecule has 0 aliphatic carbocycles. The first kappa shape index (κ1) is 13.8. The van der Waals surface area contributed by atoms with Crippen molar-refractivity contribution in [3.8, 4) is 0 Å². The van der Waals surface area contributed by atoms with E-state index >= 15 is 0 Å². The molecule has 0 saturated carbocycles. The predicted octanol–water partition coefficient (Wildman–Crippen LogP) is -3.31. The number of methoxy groups -OCH3 is 1. The van der Waals surface area contributed by atoms with Crippen LogP contribution in [0.3, 0.4) is 0 Å². The number of esters is 1. The molecule has 8 heteroatoms. The highest BCUT2D eigenvalue weighted by Crippen LogP contribution is 2.06. The van der Waals surface area contributed by atoms with Crippen molar-refractivity contribution in [1.29, 1.82) is 0 Å². The standard InChI is InChI=1S/C7H12O8/c1-15-7(14)5(11)3(9)2(8)4(10)6(12)13/h2-5,8-11H,1H3,(H,12,13)/t2-,3-,4+,5-/m0/s1. The minimum Gasteiger partial charge on any atom is -0.479 e. The molecule has 0 aliphatic rings. The lowest BCUT2D eigenvalue weighted by molar-refractivity contribution is -0.174. The Bertz CT molecular complexity index is 239. The molecule has 0 heterocycles. The summed E-state index contributed by atoms with van der Waals surface area (Å²) in [5.41, 5.74) is 0. The van der Waals surface area contributed by atoms with Crippen LogP contribution in [0, 0.1) is 0 Å². The zero-order valence-electron chi connectivity index (χ0n) is 7.77. The number of carboxylic acids is 1. The van der Waals surface area contributed by atoms with Crippen LogP contribution >= 0.6 is 0 Å². The topological polar surface area (TPSA) is 145 Å². The third-order valence-corrected chi connectivity index (χ3v) is 1.69. The second-order valence-electron chi connectivity index (χ2n) is 2.73. The normalized spacial score (nSPS) is 18.7. The van der Waals surface area contributed by atoms with Gasteiger partial charge in [0.1, 0.15) is 12.2 Å². The highest BCUT2D eigenvalue weighted by atomic mass is 16.5. The molecule has 0 aromatic rings. The van der Waals surface area contributed by atoms with Crippen LogP contribution in [-0.4, -0.2) is 69.0 Å². The van der Waals surface area contributed by atoms with E-state index in [0.29, 0.717) is 0 Å². The second kappa shape index (κ2) is 5.61.